The number of fused-ring (bicyclic) bond motifs is 2. The minimum atomic E-state index is 0.334. The molecule has 1 nitrogen and oxygen atoms in total. The summed E-state index contributed by atoms with van der Waals surface area (Å²) >= 11 is 3.95. The van der Waals surface area contributed by atoms with Crippen LogP contribution in [0.15, 0.2) is 82.6 Å². The van der Waals surface area contributed by atoms with Gasteiger partial charge < -0.3 is 4.90 Å². The maximum Gasteiger partial charge on any atom is 0.0607 e. The molecule has 3 aromatic rings. The number of hydrogen-bond donors (Lipinski definition) is 0. The van der Waals surface area contributed by atoms with Crippen LogP contribution in [0.4, 0.5) is 0 Å². The Morgan fingerprint density at radius 3 is 2.42 bits per heavy atom. The molecule has 1 aliphatic rings. The van der Waals surface area contributed by atoms with Gasteiger partial charge in [-0.05, 0) is 48.5 Å². The molecule has 0 fully saturated rings. The van der Waals surface area contributed by atoms with Crippen molar-refractivity contribution in [2.45, 2.75) is 27.3 Å². The predicted molar refractivity (Wildman–Crippen MR) is 114 cm³/mol. The molecule has 0 aliphatic carbocycles. The van der Waals surface area contributed by atoms with E-state index in [2.05, 4.69) is 91.8 Å². The molecule has 132 valence electrons. The van der Waals surface area contributed by atoms with Crippen LogP contribution in [-0.4, -0.2) is 19.0 Å². The standard InChI is InChI=1S/C23H23NS2/c1-24(2)15-17-9-4-7-13-21(17)26-23-19-11-5-3-10-18(19)16-25-22-14-8-6-12-20(22)23/h3-14,23H,15-16H2,1-2H3. The smallest absolute Gasteiger partial charge is 0.0607 e. The van der Waals surface area contributed by atoms with Crippen molar-refractivity contribution >= 4 is 23.5 Å². The van der Waals surface area contributed by atoms with Gasteiger partial charge in [-0.3, -0.25) is 0 Å². The number of hydrogen-bond acceptors (Lipinski definition) is 3. The first-order valence-corrected chi connectivity index (χ1v) is 10.8. The fourth-order valence-electron chi connectivity index (χ4n) is 3.42. The molecule has 1 heterocycles. The average Bonchev–Trinajstić information content (AvgIpc) is 2.81. The van der Waals surface area contributed by atoms with Gasteiger partial charge in [0, 0.05) is 22.1 Å². The first kappa shape index (κ1) is 17.7. The molecule has 26 heavy (non-hydrogen) atoms. The Hall–Kier alpha value is -1.68. The molecule has 0 N–H and O–H groups in total. The highest BCUT2D eigenvalue weighted by atomic mass is 32.2. The van der Waals surface area contributed by atoms with Gasteiger partial charge in [-0.1, -0.05) is 60.7 Å². The number of benzene rings is 3. The third kappa shape index (κ3) is 3.71. The van der Waals surface area contributed by atoms with Crippen LogP contribution in [0.3, 0.4) is 0 Å². The molecule has 4 rings (SSSR count). The zero-order valence-electron chi connectivity index (χ0n) is 15.2. The zero-order valence-corrected chi connectivity index (χ0v) is 16.8. The molecule has 0 saturated heterocycles. The molecule has 3 heteroatoms. The molecule has 1 aliphatic heterocycles. The second-order valence-electron chi connectivity index (χ2n) is 6.87. The molecule has 1 unspecified atom stereocenters. The molecule has 0 radical (unpaired) electrons. The highest BCUT2D eigenvalue weighted by Gasteiger charge is 2.25. The summed E-state index contributed by atoms with van der Waals surface area (Å²) in [5.41, 5.74) is 5.74. The van der Waals surface area contributed by atoms with Gasteiger partial charge in [-0.2, -0.15) is 0 Å². The van der Waals surface area contributed by atoms with Crippen LogP contribution in [0.5, 0.6) is 0 Å². The van der Waals surface area contributed by atoms with Crippen molar-refractivity contribution in [1.82, 2.24) is 4.90 Å². The maximum absolute atomic E-state index is 2.31. The number of nitrogens with zero attached hydrogens (tertiary/aromatic N) is 1. The Bertz CT molecular complexity index is 856. The van der Waals surface area contributed by atoms with E-state index >= 15 is 0 Å². The van der Waals surface area contributed by atoms with E-state index in [1.807, 2.05) is 23.5 Å². The van der Waals surface area contributed by atoms with E-state index in [-0.39, 0.29) is 0 Å². The maximum atomic E-state index is 2.31. The van der Waals surface area contributed by atoms with E-state index in [1.54, 1.807) is 0 Å². The lowest BCUT2D eigenvalue weighted by molar-refractivity contribution is 0.399. The SMILES string of the molecule is CN(C)Cc1ccccc1SC1c2ccccc2CSc2ccccc21. The Morgan fingerprint density at radius 1 is 0.885 bits per heavy atom. The van der Waals surface area contributed by atoms with Crippen LogP contribution in [0, 0.1) is 0 Å². The van der Waals surface area contributed by atoms with Gasteiger partial charge in [0.15, 0.2) is 0 Å². The second-order valence-corrected chi connectivity index (χ2v) is 9.03. The molecule has 0 spiro atoms. The Labute approximate surface area is 164 Å². The lowest BCUT2D eigenvalue weighted by Gasteiger charge is -2.22. The monoisotopic (exact) mass is 377 g/mol. The van der Waals surface area contributed by atoms with Crippen LogP contribution in [-0.2, 0) is 12.3 Å². The van der Waals surface area contributed by atoms with Crippen molar-refractivity contribution in [3.8, 4) is 0 Å². The second kappa shape index (κ2) is 7.91. The summed E-state index contributed by atoms with van der Waals surface area (Å²) in [5, 5.41) is 0.334. The van der Waals surface area contributed by atoms with E-state index in [4.69, 9.17) is 0 Å². The lowest BCUT2D eigenvalue weighted by atomic mass is 10.0. The zero-order chi connectivity index (χ0) is 17.9. The molecule has 1 atom stereocenters. The fourth-order valence-corrected chi connectivity index (χ4v) is 5.98. The summed E-state index contributed by atoms with van der Waals surface area (Å²) in [6.07, 6.45) is 0. The first-order chi connectivity index (χ1) is 12.7. The highest BCUT2D eigenvalue weighted by molar-refractivity contribution is 8.00. The van der Waals surface area contributed by atoms with Crippen LogP contribution in [0.1, 0.15) is 27.5 Å². The summed E-state index contributed by atoms with van der Waals surface area (Å²) in [7, 11) is 4.27. The Morgan fingerprint density at radius 2 is 1.58 bits per heavy atom. The van der Waals surface area contributed by atoms with Gasteiger partial charge in [0.1, 0.15) is 0 Å². The number of rotatable bonds is 4. The largest absolute Gasteiger partial charge is 0.305 e. The molecular formula is C23H23NS2. The van der Waals surface area contributed by atoms with Gasteiger partial charge in [-0.25, -0.2) is 0 Å². The van der Waals surface area contributed by atoms with Crippen LogP contribution >= 0.6 is 23.5 Å². The van der Waals surface area contributed by atoms with Gasteiger partial charge in [0.05, 0.1) is 5.25 Å². The predicted octanol–water partition coefficient (Wildman–Crippen LogP) is 6.24. The molecule has 0 bridgehead atoms. The van der Waals surface area contributed by atoms with Crippen molar-refractivity contribution in [3.05, 3.63) is 95.1 Å². The average molecular weight is 378 g/mol. The minimum Gasteiger partial charge on any atom is -0.305 e. The summed E-state index contributed by atoms with van der Waals surface area (Å²) in [4.78, 5) is 5.03. The Balaban J connectivity index is 1.79. The van der Waals surface area contributed by atoms with Gasteiger partial charge in [0.2, 0.25) is 0 Å². The minimum absolute atomic E-state index is 0.334. The van der Waals surface area contributed by atoms with Gasteiger partial charge in [-0.15, -0.1) is 23.5 Å². The lowest BCUT2D eigenvalue weighted by Crippen LogP contribution is -2.11. The summed E-state index contributed by atoms with van der Waals surface area (Å²) in [5.74, 6) is 1.05. The molecule has 0 saturated carbocycles. The third-order valence-corrected chi connectivity index (χ3v) is 7.16. The van der Waals surface area contributed by atoms with Crippen molar-refractivity contribution in [2.24, 2.45) is 0 Å². The van der Waals surface area contributed by atoms with Crippen molar-refractivity contribution < 1.29 is 0 Å². The fraction of sp³-hybridized carbons (Fsp3) is 0.217. The molecule has 0 aromatic heterocycles. The topological polar surface area (TPSA) is 3.24 Å². The molecule has 0 amide bonds. The van der Waals surface area contributed by atoms with Crippen LogP contribution in [0.2, 0.25) is 0 Å². The molecular weight excluding hydrogens is 354 g/mol. The van der Waals surface area contributed by atoms with Crippen molar-refractivity contribution in [1.29, 1.82) is 0 Å². The molecule has 3 aromatic carbocycles. The van der Waals surface area contributed by atoms with Crippen LogP contribution in [0.25, 0.3) is 0 Å². The Kier molecular flexibility index (Phi) is 5.39. The van der Waals surface area contributed by atoms with E-state index in [1.165, 1.54) is 32.0 Å². The number of thioether (sulfide) groups is 2. The normalized spacial score (nSPS) is 16.0. The van der Waals surface area contributed by atoms with Gasteiger partial charge in [0.25, 0.3) is 0 Å². The summed E-state index contributed by atoms with van der Waals surface area (Å²) in [6.45, 7) is 0.966. The quantitative estimate of drug-likeness (QED) is 0.530. The highest BCUT2D eigenvalue weighted by Crippen LogP contribution is 2.48. The van der Waals surface area contributed by atoms with Crippen molar-refractivity contribution in [3.63, 3.8) is 0 Å². The van der Waals surface area contributed by atoms with Crippen LogP contribution < -0.4 is 0 Å². The summed E-state index contributed by atoms with van der Waals surface area (Å²) < 4.78 is 0. The van der Waals surface area contributed by atoms with E-state index < -0.39 is 0 Å². The third-order valence-electron chi connectivity index (χ3n) is 4.63. The van der Waals surface area contributed by atoms with Crippen molar-refractivity contribution in [2.75, 3.05) is 14.1 Å². The van der Waals surface area contributed by atoms with E-state index in [0.29, 0.717) is 5.25 Å². The van der Waals surface area contributed by atoms with Gasteiger partial charge >= 0.3 is 0 Å². The first-order valence-electron chi connectivity index (χ1n) is 8.91. The van der Waals surface area contributed by atoms with E-state index in [0.717, 1.165) is 12.3 Å². The summed E-state index contributed by atoms with van der Waals surface area (Å²) in [6, 6.07) is 26.7. The van der Waals surface area contributed by atoms with E-state index in [9.17, 15) is 0 Å².